The maximum absolute atomic E-state index is 11.6. The Kier molecular flexibility index (Phi) is 4.72. The Morgan fingerprint density at radius 1 is 1.38 bits per heavy atom. The summed E-state index contributed by atoms with van der Waals surface area (Å²) in [7, 11) is 0. The fourth-order valence-corrected chi connectivity index (χ4v) is 1.49. The minimum atomic E-state index is -0.384. The number of hydrazone groups is 1. The number of amides is 1. The molecule has 0 bridgehead atoms. The molecule has 0 fully saturated rings. The van der Waals surface area contributed by atoms with Gasteiger partial charge in [0.2, 0.25) is 0 Å². The van der Waals surface area contributed by atoms with Gasteiger partial charge in [-0.15, -0.1) is 0 Å². The number of furan rings is 1. The highest BCUT2D eigenvalue weighted by Crippen LogP contribution is 2.11. The van der Waals surface area contributed by atoms with Crippen molar-refractivity contribution in [3.8, 4) is 11.8 Å². The van der Waals surface area contributed by atoms with E-state index in [0.717, 1.165) is 0 Å². The van der Waals surface area contributed by atoms with Crippen LogP contribution in [0.3, 0.4) is 0 Å². The van der Waals surface area contributed by atoms with Gasteiger partial charge < -0.3 is 9.15 Å². The van der Waals surface area contributed by atoms with Crippen molar-refractivity contribution in [2.45, 2.75) is 6.92 Å². The lowest BCUT2D eigenvalue weighted by molar-refractivity contribution is -0.123. The van der Waals surface area contributed by atoms with Gasteiger partial charge in [-0.05, 0) is 43.3 Å². The summed E-state index contributed by atoms with van der Waals surface area (Å²) in [5.74, 6) is 0.712. The largest absolute Gasteiger partial charge is 0.484 e. The lowest BCUT2D eigenvalue weighted by Gasteiger charge is -2.05. The summed E-state index contributed by atoms with van der Waals surface area (Å²) in [5.41, 5.74) is 3.47. The zero-order chi connectivity index (χ0) is 15.1. The van der Waals surface area contributed by atoms with Crippen LogP contribution in [0, 0.1) is 11.3 Å². The first-order valence-electron chi connectivity index (χ1n) is 6.19. The Morgan fingerprint density at radius 3 is 2.76 bits per heavy atom. The van der Waals surface area contributed by atoms with Gasteiger partial charge in [0, 0.05) is 0 Å². The van der Waals surface area contributed by atoms with E-state index in [2.05, 4.69) is 10.5 Å². The topological polar surface area (TPSA) is 87.6 Å². The van der Waals surface area contributed by atoms with Crippen molar-refractivity contribution in [2.24, 2.45) is 5.10 Å². The van der Waals surface area contributed by atoms with Crippen LogP contribution < -0.4 is 10.2 Å². The lowest BCUT2D eigenvalue weighted by Crippen LogP contribution is -2.25. The monoisotopic (exact) mass is 283 g/mol. The van der Waals surface area contributed by atoms with Crippen LogP contribution in [-0.2, 0) is 4.79 Å². The molecule has 1 aromatic heterocycles. The number of benzene rings is 1. The molecule has 0 aliphatic heterocycles. The predicted octanol–water partition coefficient (Wildman–Crippen LogP) is 2.07. The summed E-state index contributed by atoms with van der Waals surface area (Å²) in [4.78, 5) is 11.6. The maximum Gasteiger partial charge on any atom is 0.277 e. The van der Waals surface area contributed by atoms with Gasteiger partial charge in [0.1, 0.15) is 17.2 Å². The molecule has 1 heterocycles. The number of carbonyl (C=O) groups is 1. The summed E-state index contributed by atoms with van der Waals surface area (Å²) < 4.78 is 10.4. The van der Waals surface area contributed by atoms with Gasteiger partial charge in [0.15, 0.2) is 6.61 Å². The fraction of sp³-hybridized carbons (Fsp3) is 0.133. The van der Waals surface area contributed by atoms with E-state index >= 15 is 0 Å². The molecule has 2 aromatic rings. The van der Waals surface area contributed by atoms with E-state index in [-0.39, 0.29) is 12.5 Å². The van der Waals surface area contributed by atoms with Gasteiger partial charge in [-0.3, -0.25) is 4.79 Å². The van der Waals surface area contributed by atoms with Crippen molar-refractivity contribution in [3.63, 3.8) is 0 Å². The number of carbonyl (C=O) groups excluding carboxylic acids is 1. The Morgan fingerprint density at radius 2 is 2.14 bits per heavy atom. The molecule has 6 nitrogen and oxygen atoms in total. The third-order valence-electron chi connectivity index (χ3n) is 2.58. The van der Waals surface area contributed by atoms with Gasteiger partial charge in [0.25, 0.3) is 5.91 Å². The van der Waals surface area contributed by atoms with Crippen LogP contribution in [0.2, 0.25) is 0 Å². The second kappa shape index (κ2) is 6.91. The Labute approximate surface area is 121 Å². The molecule has 1 N–H and O–H groups in total. The zero-order valence-corrected chi connectivity index (χ0v) is 11.4. The van der Waals surface area contributed by atoms with E-state index in [1.807, 2.05) is 6.07 Å². The van der Waals surface area contributed by atoms with Crippen LogP contribution in [-0.4, -0.2) is 18.2 Å². The number of ether oxygens (including phenoxy) is 1. The molecule has 1 amide bonds. The second-order valence-electron chi connectivity index (χ2n) is 4.13. The molecule has 0 atom stereocenters. The number of nitrogens with one attached hydrogen (secondary N) is 1. The van der Waals surface area contributed by atoms with E-state index in [9.17, 15) is 4.79 Å². The molecule has 0 unspecified atom stereocenters. The molecule has 0 aliphatic carbocycles. The minimum Gasteiger partial charge on any atom is -0.484 e. The first-order valence-corrected chi connectivity index (χ1v) is 6.19. The third-order valence-corrected chi connectivity index (χ3v) is 2.58. The van der Waals surface area contributed by atoms with Crippen LogP contribution >= 0.6 is 0 Å². The number of nitrogens with zero attached hydrogens (tertiary/aromatic N) is 2. The van der Waals surface area contributed by atoms with Crippen LogP contribution in [0.25, 0.3) is 0 Å². The quantitative estimate of drug-likeness (QED) is 0.672. The molecule has 2 rings (SSSR count). The number of hydrogen-bond acceptors (Lipinski definition) is 5. The standard InChI is InChI=1S/C15H13N3O3/c1-11(14-3-2-8-20-14)17-18-15(19)10-21-13-6-4-12(9-16)5-7-13/h2-8H,10H2,1H3,(H,18,19). The Hall–Kier alpha value is -3.07. The second-order valence-corrected chi connectivity index (χ2v) is 4.13. The number of nitriles is 1. The van der Waals surface area contributed by atoms with E-state index in [4.69, 9.17) is 14.4 Å². The third kappa shape index (κ3) is 4.21. The van der Waals surface area contributed by atoms with Crippen molar-refractivity contribution in [1.82, 2.24) is 5.43 Å². The highest BCUT2D eigenvalue weighted by atomic mass is 16.5. The number of hydrogen-bond donors (Lipinski definition) is 1. The summed E-state index contributed by atoms with van der Waals surface area (Å²) >= 11 is 0. The minimum absolute atomic E-state index is 0.166. The summed E-state index contributed by atoms with van der Waals surface area (Å²) in [6.07, 6.45) is 1.53. The predicted molar refractivity (Wildman–Crippen MR) is 75.7 cm³/mol. The molecule has 21 heavy (non-hydrogen) atoms. The number of rotatable bonds is 5. The molecule has 1 aromatic carbocycles. The molecule has 0 saturated carbocycles. The van der Waals surface area contributed by atoms with Crippen molar-refractivity contribution in [2.75, 3.05) is 6.61 Å². The highest BCUT2D eigenvalue weighted by Gasteiger charge is 2.04. The van der Waals surface area contributed by atoms with Crippen LogP contribution in [0.1, 0.15) is 18.2 Å². The molecule has 0 aliphatic rings. The van der Waals surface area contributed by atoms with Crippen molar-refractivity contribution < 1.29 is 13.9 Å². The Bertz CT molecular complexity index is 667. The first kappa shape index (κ1) is 14.3. The summed E-state index contributed by atoms with van der Waals surface area (Å²) in [6.45, 7) is 1.56. The average Bonchev–Trinajstić information content (AvgIpc) is 3.05. The van der Waals surface area contributed by atoms with E-state index in [0.29, 0.717) is 22.8 Å². The molecule has 106 valence electrons. The zero-order valence-electron chi connectivity index (χ0n) is 11.4. The molecule has 6 heteroatoms. The summed E-state index contributed by atoms with van der Waals surface area (Å²) in [5, 5.41) is 12.6. The molecule has 0 saturated heterocycles. The first-order chi connectivity index (χ1) is 10.2. The molecular formula is C15H13N3O3. The lowest BCUT2D eigenvalue weighted by atomic mass is 10.2. The van der Waals surface area contributed by atoms with Gasteiger partial charge in [0.05, 0.1) is 17.9 Å². The molecular weight excluding hydrogens is 270 g/mol. The normalized spacial score (nSPS) is 10.8. The van der Waals surface area contributed by atoms with Gasteiger partial charge >= 0.3 is 0 Å². The van der Waals surface area contributed by atoms with Crippen LogP contribution in [0.15, 0.2) is 52.2 Å². The fourth-order valence-electron chi connectivity index (χ4n) is 1.49. The van der Waals surface area contributed by atoms with Gasteiger partial charge in [-0.1, -0.05) is 0 Å². The summed E-state index contributed by atoms with van der Waals surface area (Å²) in [6, 6.07) is 12.0. The van der Waals surface area contributed by atoms with Crippen molar-refractivity contribution in [1.29, 1.82) is 5.26 Å². The Balaban J connectivity index is 1.82. The van der Waals surface area contributed by atoms with Crippen molar-refractivity contribution in [3.05, 3.63) is 54.0 Å². The van der Waals surface area contributed by atoms with Gasteiger partial charge in [-0.2, -0.15) is 10.4 Å². The van der Waals surface area contributed by atoms with E-state index < -0.39 is 0 Å². The smallest absolute Gasteiger partial charge is 0.277 e. The average molecular weight is 283 g/mol. The van der Waals surface area contributed by atoms with Crippen LogP contribution in [0.5, 0.6) is 5.75 Å². The molecule has 0 radical (unpaired) electrons. The van der Waals surface area contributed by atoms with E-state index in [1.165, 1.54) is 6.26 Å². The maximum atomic E-state index is 11.6. The van der Waals surface area contributed by atoms with Gasteiger partial charge in [-0.25, -0.2) is 5.43 Å². The SMILES string of the molecule is CC(=NNC(=O)COc1ccc(C#N)cc1)c1ccco1. The van der Waals surface area contributed by atoms with Crippen LogP contribution in [0.4, 0.5) is 0 Å². The highest BCUT2D eigenvalue weighted by molar-refractivity contribution is 5.96. The molecule has 0 spiro atoms. The van der Waals surface area contributed by atoms with Crippen molar-refractivity contribution >= 4 is 11.6 Å². The van der Waals surface area contributed by atoms with E-state index in [1.54, 1.807) is 43.3 Å².